The van der Waals surface area contributed by atoms with E-state index in [9.17, 15) is 24.3 Å². The number of aliphatic hydroxyl groups is 1. The summed E-state index contributed by atoms with van der Waals surface area (Å²) >= 11 is 0. The minimum absolute atomic E-state index is 0.207. The van der Waals surface area contributed by atoms with Gasteiger partial charge in [0.2, 0.25) is 11.8 Å². The highest BCUT2D eigenvalue weighted by Gasteiger charge is 2.41. The maximum Gasteiger partial charge on any atom is 0.409 e. The van der Waals surface area contributed by atoms with E-state index in [0.717, 1.165) is 18.4 Å². The summed E-state index contributed by atoms with van der Waals surface area (Å²) in [5, 5.41) is 13.6. The zero-order chi connectivity index (χ0) is 22.9. The molecule has 0 radical (unpaired) electrons. The Balaban J connectivity index is 1.42. The number of hydrogen-bond donors (Lipinski definition) is 2. The Morgan fingerprint density at radius 2 is 2.00 bits per heavy atom. The van der Waals surface area contributed by atoms with Crippen molar-refractivity contribution in [3.05, 3.63) is 34.9 Å². The van der Waals surface area contributed by atoms with E-state index in [0.29, 0.717) is 50.1 Å². The number of amides is 4. The Bertz CT molecular complexity index is 938. The zero-order valence-corrected chi connectivity index (χ0v) is 18.3. The van der Waals surface area contributed by atoms with Gasteiger partial charge in [-0.05, 0) is 42.9 Å². The molecule has 1 atom stereocenters. The fourth-order valence-corrected chi connectivity index (χ4v) is 4.61. The lowest BCUT2D eigenvalue weighted by atomic mass is 9.83. The number of carbonyl (C=O) groups is 4. The summed E-state index contributed by atoms with van der Waals surface area (Å²) in [5.41, 5.74) is 0.875. The Labute approximate surface area is 186 Å². The minimum atomic E-state index is -1.10. The summed E-state index contributed by atoms with van der Waals surface area (Å²) in [7, 11) is 0. The number of fused-ring (bicyclic) bond motifs is 1. The molecule has 32 heavy (non-hydrogen) atoms. The molecule has 0 bridgehead atoms. The van der Waals surface area contributed by atoms with E-state index < -0.39 is 17.6 Å². The van der Waals surface area contributed by atoms with Crippen LogP contribution in [0.5, 0.6) is 0 Å². The molecule has 0 aromatic heterocycles. The molecular weight excluding hydrogens is 414 g/mol. The first-order valence-electron chi connectivity index (χ1n) is 11.2. The number of hydrogen-bond acceptors (Lipinski definition) is 6. The number of piperidine rings is 2. The van der Waals surface area contributed by atoms with Crippen molar-refractivity contribution < 1.29 is 29.0 Å². The third-order valence-electron chi connectivity index (χ3n) is 6.63. The average molecular weight is 444 g/mol. The molecule has 0 spiro atoms. The number of ether oxygens (including phenoxy) is 1. The van der Waals surface area contributed by atoms with Crippen LogP contribution < -0.4 is 5.32 Å². The summed E-state index contributed by atoms with van der Waals surface area (Å²) < 4.78 is 5.26. The molecule has 3 aliphatic heterocycles. The maximum absolute atomic E-state index is 12.9. The Kier molecular flexibility index (Phi) is 6.19. The van der Waals surface area contributed by atoms with Gasteiger partial charge in [0, 0.05) is 31.6 Å². The summed E-state index contributed by atoms with van der Waals surface area (Å²) in [5.74, 6) is -1.00. The van der Waals surface area contributed by atoms with Crippen molar-refractivity contribution >= 4 is 23.8 Å². The van der Waals surface area contributed by atoms with Crippen molar-refractivity contribution in [3.8, 4) is 0 Å². The SMILES string of the molecule is CCCCOC(=O)N1CCC(O)(c2ccc3c(c2)CN(C2CCC(=O)NC2=O)C3=O)CC1. The van der Waals surface area contributed by atoms with E-state index in [4.69, 9.17) is 4.74 Å². The second kappa shape index (κ2) is 8.90. The van der Waals surface area contributed by atoms with Gasteiger partial charge in [0.05, 0.1) is 12.2 Å². The normalized spacial score (nSPS) is 22.6. The molecule has 0 aliphatic carbocycles. The highest BCUT2D eigenvalue weighted by molar-refractivity contribution is 6.05. The molecule has 172 valence electrons. The standard InChI is InChI=1S/C23H29N3O6/c1-2-3-12-32-22(30)25-10-8-23(31,9-11-25)16-4-5-17-15(13-16)14-26(21(17)29)18-6-7-19(27)24-20(18)28/h4-5,13,18,31H,2-3,6-12,14H2,1H3,(H,24,27,28). The first-order chi connectivity index (χ1) is 15.3. The van der Waals surface area contributed by atoms with Crippen molar-refractivity contribution in [2.45, 2.75) is 63.6 Å². The quantitative estimate of drug-likeness (QED) is 0.528. The smallest absolute Gasteiger partial charge is 0.409 e. The molecule has 2 fully saturated rings. The van der Waals surface area contributed by atoms with E-state index in [1.807, 2.05) is 13.0 Å². The van der Waals surface area contributed by atoms with Crippen LogP contribution in [0.15, 0.2) is 18.2 Å². The van der Waals surface area contributed by atoms with Crippen molar-refractivity contribution in [3.63, 3.8) is 0 Å². The molecule has 0 saturated carbocycles. The lowest BCUT2D eigenvalue weighted by molar-refractivity contribution is -0.136. The molecule has 1 aromatic rings. The number of rotatable bonds is 5. The lowest BCUT2D eigenvalue weighted by Crippen LogP contribution is -2.52. The molecule has 1 aromatic carbocycles. The van der Waals surface area contributed by atoms with Gasteiger partial charge in [-0.1, -0.05) is 25.5 Å². The summed E-state index contributed by atoms with van der Waals surface area (Å²) in [4.78, 5) is 51.8. The average Bonchev–Trinajstić information content (AvgIpc) is 3.10. The Morgan fingerprint density at radius 1 is 1.25 bits per heavy atom. The molecule has 9 heteroatoms. The summed E-state index contributed by atoms with van der Waals surface area (Å²) in [6.45, 7) is 3.47. The largest absolute Gasteiger partial charge is 0.449 e. The third-order valence-corrected chi connectivity index (χ3v) is 6.63. The fourth-order valence-electron chi connectivity index (χ4n) is 4.61. The van der Waals surface area contributed by atoms with E-state index in [1.165, 1.54) is 4.90 Å². The fraction of sp³-hybridized carbons (Fsp3) is 0.565. The van der Waals surface area contributed by atoms with Crippen LogP contribution in [0, 0.1) is 0 Å². The van der Waals surface area contributed by atoms with Crippen LogP contribution in [-0.4, -0.2) is 64.5 Å². The van der Waals surface area contributed by atoms with Crippen LogP contribution >= 0.6 is 0 Å². The highest BCUT2D eigenvalue weighted by atomic mass is 16.6. The number of benzene rings is 1. The number of unbranched alkanes of at least 4 members (excludes halogenated alkanes) is 1. The summed E-state index contributed by atoms with van der Waals surface area (Å²) in [6.07, 6.45) is 2.70. The molecule has 2 saturated heterocycles. The van der Waals surface area contributed by atoms with E-state index in [1.54, 1.807) is 17.0 Å². The van der Waals surface area contributed by atoms with Gasteiger partial charge in [0.1, 0.15) is 6.04 Å². The molecule has 2 N–H and O–H groups in total. The number of carbonyl (C=O) groups excluding carboxylic acids is 4. The Morgan fingerprint density at radius 3 is 2.69 bits per heavy atom. The van der Waals surface area contributed by atoms with Crippen LogP contribution in [0.4, 0.5) is 4.79 Å². The van der Waals surface area contributed by atoms with Crippen molar-refractivity contribution in [1.29, 1.82) is 0 Å². The molecule has 3 heterocycles. The van der Waals surface area contributed by atoms with Gasteiger partial charge in [-0.3, -0.25) is 19.7 Å². The molecular formula is C23H29N3O6. The second-order valence-electron chi connectivity index (χ2n) is 8.76. The summed E-state index contributed by atoms with van der Waals surface area (Å²) in [6, 6.07) is 4.61. The second-order valence-corrected chi connectivity index (χ2v) is 8.76. The minimum Gasteiger partial charge on any atom is -0.449 e. The number of imide groups is 1. The first kappa shape index (κ1) is 22.3. The molecule has 4 rings (SSSR count). The first-order valence-corrected chi connectivity index (χ1v) is 11.2. The number of likely N-dealkylation sites (tertiary alicyclic amines) is 1. The maximum atomic E-state index is 12.9. The van der Waals surface area contributed by atoms with Gasteiger partial charge in [0.25, 0.3) is 5.91 Å². The van der Waals surface area contributed by atoms with Crippen LogP contribution in [0.3, 0.4) is 0 Å². The van der Waals surface area contributed by atoms with Gasteiger partial charge >= 0.3 is 6.09 Å². The van der Waals surface area contributed by atoms with Crippen molar-refractivity contribution in [1.82, 2.24) is 15.1 Å². The van der Waals surface area contributed by atoms with Crippen molar-refractivity contribution in [2.24, 2.45) is 0 Å². The third kappa shape index (κ3) is 4.21. The van der Waals surface area contributed by atoms with E-state index >= 15 is 0 Å². The van der Waals surface area contributed by atoms with Gasteiger partial charge in [-0.2, -0.15) is 0 Å². The van der Waals surface area contributed by atoms with Gasteiger partial charge in [-0.25, -0.2) is 4.79 Å². The highest BCUT2D eigenvalue weighted by Crippen LogP contribution is 2.36. The van der Waals surface area contributed by atoms with Gasteiger partial charge in [0.15, 0.2) is 0 Å². The van der Waals surface area contributed by atoms with Gasteiger partial charge in [-0.15, -0.1) is 0 Å². The Hall–Kier alpha value is -2.94. The van der Waals surface area contributed by atoms with Crippen LogP contribution in [0.25, 0.3) is 0 Å². The molecule has 4 amide bonds. The topological polar surface area (TPSA) is 116 Å². The molecule has 1 unspecified atom stereocenters. The van der Waals surface area contributed by atoms with Crippen LogP contribution in [-0.2, 0) is 26.5 Å². The zero-order valence-electron chi connectivity index (χ0n) is 18.3. The monoisotopic (exact) mass is 443 g/mol. The lowest BCUT2D eigenvalue weighted by Gasteiger charge is -2.38. The molecule has 9 nitrogen and oxygen atoms in total. The van der Waals surface area contributed by atoms with Crippen LogP contribution in [0.2, 0.25) is 0 Å². The van der Waals surface area contributed by atoms with E-state index in [2.05, 4.69) is 5.32 Å². The predicted octanol–water partition coefficient (Wildman–Crippen LogP) is 1.67. The number of nitrogens with one attached hydrogen (secondary N) is 1. The van der Waals surface area contributed by atoms with Gasteiger partial charge < -0.3 is 19.6 Å². The molecule has 3 aliphatic rings. The van der Waals surface area contributed by atoms with Crippen molar-refractivity contribution in [2.75, 3.05) is 19.7 Å². The van der Waals surface area contributed by atoms with E-state index in [-0.39, 0.29) is 30.9 Å². The predicted molar refractivity (Wildman–Crippen MR) is 113 cm³/mol. The number of nitrogens with zero attached hydrogens (tertiary/aromatic N) is 2. The van der Waals surface area contributed by atoms with Crippen LogP contribution in [0.1, 0.15) is 66.9 Å².